The van der Waals surface area contributed by atoms with Crippen molar-refractivity contribution in [3.63, 3.8) is 0 Å². The Hall–Kier alpha value is -3.62. The van der Waals surface area contributed by atoms with Crippen LogP contribution in [0.15, 0.2) is 66.2 Å². The molecule has 0 aliphatic heterocycles. The molecule has 0 saturated carbocycles. The maximum absolute atomic E-state index is 13.0. The van der Waals surface area contributed by atoms with E-state index in [0.29, 0.717) is 22.0 Å². The van der Waals surface area contributed by atoms with Crippen LogP contribution in [0.4, 0.5) is 10.1 Å². The second kappa shape index (κ2) is 9.92. The zero-order chi connectivity index (χ0) is 22.4. The Balaban J connectivity index is 1.70. The molecule has 31 heavy (non-hydrogen) atoms. The summed E-state index contributed by atoms with van der Waals surface area (Å²) in [7, 11) is 0. The van der Waals surface area contributed by atoms with E-state index in [1.807, 2.05) is 32.0 Å². The summed E-state index contributed by atoms with van der Waals surface area (Å²) in [5.41, 5.74) is 4.13. The molecule has 1 N–H and O–H groups in total. The molecule has 0 bridgehead atoms. The number of aryl methyl sites for hydroxylation is 2. The van der Waals surface area contributed by atoms with E-state index >= 15 is 0 Å². The van der Waals surface area contributed by atoms with E-state index in [9.17, 15) is 14.4 Å². The highest BCUT2D eigenvalue weighted by atomic mass is 35.5. The first-order valence-corrected chi connectivity index (χ1v) is 9.90. The van der Waals surface area contributed by atoms with Crippen LogP contribution in [0.1, 0.15) is 22.3 Å². The van der Waals surface area contributed by atoms with Crippen molar-refractivity contribution in [2.45, 2.75) is 20.5 Å². The molecule has 3 rings (SSSR count). The van der Waals surface area contributed by atoms with Crippen molar-refractivity contribution in [3.8, 4) is 11.8 Å². The number of hydrogen-bond donors (Lipinski definition) is 1. The van der Waals surface area contributed by atoms with E-state index in [1.165, 1.54) is 18.2 Å². The number of amides is 1. The number of rotatable bonds is 6. The molecule has 0 aliphatic rings. The average Bonchev–Trinajstić information content (AvgIpc) is 2.75. The molecule has 1 amide bonds. The van der Waals surface area contributed by atoms with Gasteiger partial charge in [0.1, 0.15) is 29.8 Å². The highest BCUT2D eigenvalue weighted by molar-refractivity contribution is 6.32. The number of benzene rings is 3. The van der Waals surface area contributed by atoms with Crippen LogP contribution < -0.4 is 10.1 Å². The van der Waals surface area contributed by atoms with Crippen LogP contribution in [0, 0.1) is 31.0 Å². The number of halogens is 2. The monoisotopic (exact) mass is 434 g/mol. The Morgan fingerprint density at radius 1 is 1.10 bits per heavy atom. The van der Waals surface area contributed by atoms with Crippen molar-refractivity contribution in [3.05, 3.63) is 99.3 Å². The fourth-order valence-electron chi connectivity index (χ4n) is 2.80. The van der Waals surface area contributed by atoms with Gasteiger partial charge < -0.3 is 10.1 Å². The quantitative estimate of drug-likeness (QED) is 0.370. The van der Waals surface area contributed by atoms with Gasteiger partial charge in [-0.2, -0.15) is 5.26 Å². The standard InChI is InChI=1S/C25H20ClFN2O2/c1-16-3-9-22(11-17(16)2)29-25(30)20(14-28)12-19-6-10-24(23(26)13-19)31-15-18-4-7-21(27)8-5-18/h3-13H,15H2,1-2H3,(H,29,30)/b20-12+. The first-order chi connectivity index (χ1) is 14.9. The largest absolute Gasteiger partial charge is 0.487 e. The SMILES string of the molecule is Cc1ccc(NC(=O)/C(C#N)=C/c2ccc(OCc3ccc(F)cc3)c(Cl)c2)cc1C. The fourth-order valence-corrected chi connectivity index (χ4v) is 3.04. The minimum atomic E-state index is -0.501. The van der Waals surface area contributed by atoms with Crippen molar-refractivity contribution >= 4 is 29.3 Å². The van der Waals surface area contributed by atoms with E-state index in [1.54, 1.807) is 36.4 Å². The fraction of sp³-hybridized carbons (Fsp3) is 0.120. The molecule has 0 heterocycles. The molecule has 0 spiro atoms. The number of nitriles is 1. The van der Waals surface area contributed by atoms with Crippen LogP contribution in [-0.4, -0.2) is 5.91 Å². The second-order valence-electron chi connectivity index (χ2n) is 7.03. The molecule has 6 heteroatoms. The van der Waals surface area contributed by atoms with Crippen LogP contribution in [0.3, 0.4) is 0 Å². The minimum Gasteiger partial charge on any atom is -0.487 e. The number of hydrogen-bond acceptors (Lipinski definition) is 3. The Morgan fingerprint density at radius 2 is 1.84 bits per heavy atom. The van der Waals surface area contributed by atoms with E-state index in [0.717, 1.165) is 16.7 Å². The first-order valence-electron chi connectivity index (χ1n) is 9.53. The smallest absolute Gasteiger partial charge is 0.266 e. The molecule has 0 fully saturated rings. The number of ether oxygens (including phenoxy) is 1. The van der Waals surface area contributed by atoms with Crippen LogP contribution in [0.2, 0.25) is 5.02 Å². The summed E-state index contributed by atoms with van der Waals surface area (Å²) < 4.78 is 18.7. The van der Waals surface area contributed by atoms with Gasteiger partial charge in [-0.25, -0.2) is 4.39 Å². The molecular weight excluding hydrogens is 415 g/mol. The lowest BCUT2D eigenvalue weighted by atomic mass is 10.1. The van der Waals surface area contributed by atoms with Crippen LogP contribution in [0.25, 0.3) is 6.08 Å². The third-order valence-corrected chi connectivity index (χ3v) is 5.00. The zero-order valence-corrected chi connectivity index (χ0v) is 17.8. The maximum Gasteiger partial charge on any atom is 0.266 e. The molecule has 3 aromatic carbocycles. The van der Waals surface area contributed by atoms with Gasteiger partial charge in [0.05, 0.1) is 5.02 Å². The number of nitrogens with one attached hydrogen (secondary N) is 1. The lowest BCUT2D eigenvalue weighted by Gasteiger charge is -2.09. The molecule has 0 saturated heterocycles. The normalized spacial score (nSPS) is 11.0. The van der Waals surface area contributed by atoms with E-state index < -0.39 is 5.91 Å². The van der Waals surface area contributed by atoms with Crippen molar-refractivity contribution < 1.29 is 13.9 Å². The summed E-state index contributed by atoms with van der Waals surface area (Å²) in [5.74, 6) is -0.368. The van der Waals surface area contributed by atoms with Crippen molar-refractivity contribution in [2.75, 3.05) is 5.32 Å². The molecule has 0 radical (unpaired) electrons. The summed E-state index contributed by atoms with van der Waals surface area (Å²) in [4.78, 5) is 12.5. The highest BCUT2D eigenvalue weighted by Crippen LogP contribution is 2.27. The highest BCUT2D eigenvalue weighted by Gasteiger charge is 2.11. The maximum atomic E-state index is 13.0. The third kappa shape index (κ3) is 5.94. The van der Waals surface area contributed by atoms with Gasteiger partial charge in [0.2, 0.25) is 0 Å². The average molecular weight is 435 g/mol. The summed E-state index contributed by atoms with van der Waals surface area (Å²) in [5, 5.41) is 12.5. The molecular formula is C25H20ClFN2O2. The van der Waals surface area contributed by atoms with Crippen molar-refractivity contribution in [1.82, 2.24) is 0 Å². The third-order valence-electron chi connectivity index (χ3n) is 4.70. The molecule has 0 aliphatic carbocycles. The Labute approximate surface area is 185 Å². The molecule has 3 aromatic rings. The summed E-state index contributed by atoms with van der Waals surface area (Å²) in [6.45, 7) is 4.17. The van der Waals surface area contributed by atoms with Gasteiger partial charge in [-0.15, -0.1) is 0 Å². The predicted molar refractivity (Wildman–Crippen MR) is 120 cm³/mol. The second-order valence-corrected chi connectivity index (χ2v) is 7.44. The van der Waals surface area contributed by atoms with E-state index in [-0.39, 0.29) is 18.0 Å². The molecule has 0 unspecified atom stereocenters. The minimum absolute atomic E-state index is 0.0470. The van der Waals surface area contributed by atoms with Gasteiger partial charge in [-0.3, -0.25) is 4.79 Å². The lowest BCUT2D eigenvalue weighted by molar-refractivity contribution is -0.112. The van der Waals surface area contributed by atoms with Crippen molar-refractivity contribution in [2.24, 2.45) is 0 Å². The van der Waals surface area contributed by atoms with Crippen LogP contribution in [-0.2, 0) is 11.4 Å². The van der Waals surface area contributed by atoms with E-state index in [4.69, 9.17) is 16.3 Å². The van der Waals surface area contributed by atoms with Crippen LogP contribution in [0.5, 0.6) is 5.75 Å². The summed E-state index contributed by atoms with van der Waals surface area (Å²) in [6.07, 6.45) is 1.46. The number of anilines is 1. The summed E-state index contributed by atoms with van der Waals surface area (Å²) in [6, 6.07) is 18.4. The Morgan fingerprint density at radius 3 is 2.48 bits per heavy atom. The zero-order valence-electron chi connectivity index (χ0n) is 17.1. The van der Waals surface area contributed by atoms with Gasteiger partial charge in [0.25, 0.3) is 5.91 Å². The predicted octanol–water partition coefficient (Wildman–Crippen LogP) is 6.22. The number of carbonyl (C=O) groups is 1. The van der Waals surface area contributed by atoms with Crippen molar-refractivity contribution in [1.29, 1.82) is 5.26 Å². The number of carbonyl (C=O) groups excluding carboxylic acids is 1. The van der Waals surface area contributed by atoms with Gasteiger partial charge in [0.15, 0.2) is 0 Å². The van der Waals surface area contributed by atoms with Gasteiger partial charge in [-0.1, -0.05) is 35.9 Å². The van der Waals surface area contributed by atoms with Gasteiger partial charge in [-0.05, 0) is 78.6 Å². The molecule has 156 valence electrons. The van der Waals surface area contributed by atoms with Gasteiger partial charge >= 0.3 is 0 Å². The number of nitrogens with zero attached hydrogens (tertiary/aromatic N) is 1. The molecule has 4 nitrogen and oxygen atoms in total. The first kappa shape index (κ1) is 22.1. The summed E-state index contributed by atoms with van der Waals surface area (Å²) >= 11 is 6.29. The Kier molecular flexibility index (Phi) is 7.07. The lowest BCUT2D eigenvalue weighted by Crippen LogP contribution is -2.13. The van der Waals surface area contributed by atoms with Crippen LogP contribution >= 0.6 is 11.6 Å². The molecule has 0 atom stereocenters. The Bertz CT molecular complexity index is 1180. The molecule has 0 aromatic heterocycles. The van der Waals surface area contributed by atoms with E-state index in [2.05, 4.69) is 5.32 Å². The topological polar surface area (TPSA) is 62.1 Å². The van der Waals surface area contributed by atoms with Gasteiger partial charge in [0, 0.05) is 5.69 Å².